The van der Waals surface area contributed by atoms with E-state index in [4.69, 9.17) is 0 Å². The Hall–Kier alpha value is 0.0700. The van der Waals surface area contributed by atoms with Crippen molar-refractivity contribution in [1.82, 2.24) is 9.21 Å². The number of nitrogens with zero attached hydrogens (tertiary/aromatic N) is 2. The van der Waals surface area contributed by atoms with Crippen LogP contribution < -0.4 is 0 Å². The third-order valence-electron chi connectivity index (χ3n) is 3.38. The predicted molar refractivity (Wildman–Crippen MR) is 66.2 cm³/mol. The van der Waals surface area contributed by atoms with Crippen LogP contribution in [-0.4, -0.2) is 50.9 Å². The summed E-state index contributed by atoms with van der Waals surface area (Å²) in [5.74, 6) is 0. The van der Waals surface area contributed by atoms with Crippen molar-refractivity contribution in [3.63, 3.8) is 0 Å². The molecule has 0 saturated carbocycles. The highest BCUT2D eigenvalue weighted by molar-refractivity contribution is 7.81. The van der Waals surface area contributed by atoms with E-state index < -0.39 is 11.0 Å². The SMILES string of the molecule is CC[C@H](C)N1C[C@@H](C)N(S(C)=O)[C@H](C)C1. The van der Waals surface area contributed by atoms with Gasteiger partial charge < -0.3 is 0 Å². The molecule has 90 valence electrons. The zero-order valence-electron chi connectivity index (χ0n) is 10.6. The van der Waals surface area contributed by atoms with Crippen LogP contribution in [0.3, 0.4) is 0 Å². The van der Waals surface area contributed by atoms with E-state index in [1.165, 1.54) is 6.42 Å². The van der Waals surface area contributed by atoms with Gasteiger partial charge in [0.05, 0.1) is 11.0 Å². The zero-order chi connectivity index (χ0) is 11.6. The summed E-state index contributed by atoms with van der Waals surface area (Å²) in [6.45, 7) is 10.9. The lowest BCUT2D eigenvalue weighted by Gasteiger charge is -2.44. The van der Waals surface area contributed by atoms with Crippen molar-refractivity contribution in [2.75, 3.05) is 19.3 Å². The molecule has 1 unspecified atom stereocenters. The Kier molecular flexibility index (Phi) is 4.74. The first kappa shape index (κ1) is 13.1. The lowest BCUT2D eigenvalue weighted by Crippen LogP contribution is -2.58. The number of rotatable bonds is 3. The van der Waals surface area contributed by atoms with Gasteiger partial charge >= 0.3 is 0 Å². The summed E-state index contributed by atoms with van der Waals surface area (Å²) >= 11 is 0. The van der Waals surface area contributed by atoms with E-state index in [1.807, 2.05) is 0 Å². The molecule has 0 radical (unpaired) electrons. The van der Waals surface area contributed by atoms with Crippen LogP contribution in [0.5, 0.6) is 0 Å². The molecular weight excluding hydrogens is 208 g/mol. The molecule has 0 N–H and O–H groups in total. The van der Waals surface area contributed by atoms with Crippen molar-refractivity contribution in [2.24, 2.45) is 0 Å². The van der Waals surface area contributed by atoms with E-state index >= 15 is 0 Å². The molecule has 0 amide bonds. The Bertz CT molecular complexity index is 223. The van der Waals surface area contributed by atoms with Gasteiger partial charge in [-0.2, -0.15) is 0 Å². The van der Waals surface area contributed by atoms with Crippen LogP contribution in [0.25, 0.3) is 0 Å². The maximum atomic E-state index is 11.6. The first-order chi connectivity index (χ1) is 6.97. The highest BCUT2D eigenvalue weighted by atomic mass is 32.2. The van der Waals surface area contributed by atoms with Crippen molar-refractivity contribution in [2.45, 2.75) is 52.2 Å². The Morgan fingerprint density at radius 2 is 1.80 bits per heavy atom. The standard InChI is InChI=1S/C11H24N2OS/c1-6-9(2)12-7-10(3)13(15(5)14)11(4)8-12/h9-11H,6-8H2,1-5H3/t9-,10+,11+,15?/m0/s1. The van der Waals surface area contributed by atoms with Crippen LogP contribution in [0.15, 0.2) is 0 Å². The first-order valence-electron chi connectivity index (χ1n) is 5.83. The van der Waals surface area contributed by atoms with Gasteiger partial charge in [0.25, 0.3) is 0 Å². The van der Waals surface area contributed by atoms with E-state index in [0.29, 0.717) is 18.1 Å². The van der Waals surface area contributed by atoms with Gasteiger partial charge in [-0.25, -0.2) is 8.51 Å². The quantitative estimate of drug-likeness (QED) is 0.736. The van der Waals surface area contributed by atoms with E-state index in [0.717, 1.165) is 13.1 Å². The highest BCUT2D eigenvalue weighted by Crippen LogP contribution is 2.19. The van der Waals surface area contributed by atoms with Gasteiger partial charge in [0.2, 0.25) is 0 Å². The van der Waals surface area contributed by atoms with Gasteiger partial charge in [-0.15, -0.1) is 0 Å². The van der Waals surface area contributed by atoms with Gasteiger partial charge in [0.1, 0.15) is 0 Å². The van der Waals surface area contributed by atoms with Gasteiger partial charge in [-0.3, -0.25) is 4.90 Å². The minimum Gasteiger partial charge on any atom is -0.298 e. The summed E-state index contributed by atoms with van der Waals surface area (Å²) < 4.78 is 13.7. The number of hydrogen-bond acceptors (Lipinski definition) is 2. The van der Waals surface area contributed by atoms with Gasteiger partial charge in [-0.1, -0.05) is 6.92 Å². The fourth-order valence-electron chi connectivity index (χ4n) is 2.47. The van der Waals surface area contributed by atoms with E-state index in [2.05, 4.69) is 36.9 Å². The zero-order valence-corrected chi connectivity index (χ0v) is 11.4. The molecule has 1 rings (SSSR count). The molecule has 1 fully saturated rings. The van der Waals surface area contributed by atoms with Crippen LogP contribution in [-0.2, 0) is 11.0 Å². The second kappa shape index (κ2) is 5.41. The molecule has 1 aliphatic heterocycles. The van der Waals surface area contributed by atoms with Crippen molar-refractivity contribution < 1.29 is 4.21 Å². The number of piperazine rings is 1. The average Bonchev–Trinajstić information content (AvgIpc) is 2.14. The summed E-state index contributed by atoms with van der Waals surface area (Å²) in [6, 6.07) is 1.43. The summed E-state index contributed by atoms with van der Waals surface area (Å²) in [5, 5.41) is 0. The molecular formula is C11H24N2OS. The fourth-order valence-corrected chi connectivity index (χ4v) is 3.62. The smallest absolute Gasteiger partial charge is 0.0916 e. The Labute approximate surface area is 96.4 Å². The maximum absolute atomic E-state index is 11.6. The van der Waals surface area contributed by atoms with Crippen LogP contribution in [0.4, 0.5) is 0 Å². The van der Waals surface area contributed by atoms with Gasteiger partial charge in [0.15, 0.2) is 0 Å². The molecule has 0 aromatic rings. The van der Waals surface area contributed by atoms with Crippen LogP contribution in [0, 0.1) is 0 Å². The van der Waals surface area contributed by atoms with E-state index in [9.17, 15) is 4.21 Å². The summed E-state index contributed by atoms with van der Waals surface area (Å²) in [5.41, 5.74) is 0. The molecule has 0 bridgehead atoms. The normalized spacial score (nSPS) is 33.9. The molecule has 1 heterocycles. The topological polar surface area (TPSA) is 23.6 Å². The molecule has 15 heavy (non-hydrogen) atoms. The minimum atomic E-state index is -0.836. The molecule has 1 saturated heterocycles. The highest BCUT2D eigenvalue weighted by Gasteiger charge is 2.32. The molecule has 4 atom stereocenters. The largest absolute Gasteiger partial charge is 0.298 e. The second-order valence-electron chi connectivity index (χ2n) is 4.69. The molecule has 4 heteroatoms. The Morgan fingerprint density at radius 3 is 2.13 bits per heavy atom. The van der Waals surface area contributed by atoms with Crippen molar-refractivity contribution in [3.05, 3.63) is 0 Å². The minimum absolute atomic E-state index is 0.397. The molecule has 0 aromatic heterocycles. The first-order valence-corrected chi connectivity index (χ1v) is 7.34. The molecule has 0 aromatic carbocycles. The third-order valence-corrected chi connectivity index (χ3v) is 4.69. The van der Waals surface area contributed by atoms with Crippen molar-refractivity contribution >= 4 is 11.0 Å². The average molecular weight is 232 g/mol. The number of hydrogen-bond donors (Lipinski definition) is 0. The molecule has 0 spiro atoms. The van der Waals surface area contributed by atoms with Crippen molar-refractivity contribution in [3.8, 4) is 0 Å². The summed E-state index contributed by atoms with van der Waals surface area (Å²) in [4.78, 5) is 2.51. The summed E-state index contributed by atoms with van der Waals surface area (Å²) in [7, 11) is -0.836. The predicted octanol–water partition coefficient (Wildman–Crippen LogP) is 1.47. The van der Waals surface area contributed by atoms with Crippen molar-refractivity contribution in [1.29, 1.82) is 0 Å². The Balaban J connectivity index is 2.66. The van der Waals surface area contributed by atoms with E-state index in [1.54, 1.807) is 6.26 Å². The fraction of sp³-hybridized carbons (Fsp3) is 1.00. The van der Waals surface area contributed by atoms with Crippen LogP contribution in [0.2, 0.25) is 0 Å². The Morgan fingerprint density at radius 1 is 1.33 bits per heavy atom. The third kappa shape index (κ3) is 3.02. The lowest BCUT2D eigenvalue weighted by atomic mass is 10.1. The maximum Gasteiger partial charge on any atom is 0.0916 e. The summed E-state index contributed by atoms with van der Waals surface area (Å²) in [6.07, 6.45) is 2.97. The van der Waals surface area contributed by atoms with Crippen LogP contribution in [0.1, 0.15) is 34.1 Å². The van der Waals surface area contributed by atoms with Gasteiger partial charge in [0, 0.05) is 37.5 Å². The molecule has 1 aliphatic rings. The lowest BCUT2D eigenvalue weighted by molar-refractivity contribution is 0.0756. The molecule has 0 aliphatic carbocycles. The molecule has 3 nitrogen and oxygen atoms in total. The van der Waals surface area contributed by atoms with Crippen LogP contribution >= 0.6 is 0 Å². The van der Waals surface area contributed by atoms with Gasteiger partial charge in [-0.05, 0) is 27.2 Å². The van der Waals surface area contributed by atoms with E-state index in [-0.39, 0.29) is 0 Å². The monoisotopic (exact) mass is 232 g/mol. The second-order valence-corrected chi connectivity index (χ2v) is 5.96.